The molecule has 2 aliphatic heterocycles. The van der Waals surface area contributed by atoms with Crippen LogP contribution in [0.25, 0.3) is 0 Å². The summed E-state index contributed by atoms with van der Waals surface area (Å²) >= 11 is 0. The predicted octanol–water partition coefficient (Wildman–Crippen LogP) is 3.89. The molecule has 0 radical (unpaired) electrons. The molecule has 2 aliphatic carbocycles. The molecule has 0 amide bonds. The first-order chi connectivity index (χ1) is 12.8. The van der Waals surface area contributed by atoms with Gasteiger partial charge in [-0.1, -0.05) is 60.7 Å². The van der Waals surface area contributed by atoms with E-state index >= 15 is 0 Å². The first-order valence-electron chi connectivity index (χ1n) is 9.84. The van der Waals surface area contributed by atoms with Gasteiger partial charge in [0.2, 0.25) is 0 Å². The van der Waals surface area contributed by atoms with Crippen molar-refractivity contribution in [2.75, 3.05) is 13.1 Å². The molecule has 0 saturated carbocycles. The molecule has 0 unspecified atom stereocenters. The van der Waals surface area contributed by atoms with Crippen LogP contribution in [0.2, 0.25) is 0 Å². The highest BCUT2D eigenvalue weighted by Crippen LogP contribution is 2.26. The summed E-state index contributed by atoms with van der Waals surface area (Å²) in [5.74, 6) is 1.07. The Balaban J connectivity index is 1.35. The van der Waals surface area contributed by atoms with E-state index in [1.807, 2.05) is 0 Å². The van der Waals surface area contributed by atoms with Crippen LogP contribution < -0.4 is 0 Å². The van der Waals surface area contributed by atoms with E-state index in [1.165, 1.54) is 24.0 Å². The van der Waals surface area contributed by atoms with Gasteiger partial charge >= 0.3 is 0 Å². The number of hydrogen-bond acceptors (Lipinski definition) is 0. The molecule has 0 bridgehead atoms. The van der Waals surface area contributed by atoms with Gasteiger partial charge in [0, 0.05) is 24.0 Å². The minimum atomic E-state index is 0.533. The average Bonchev–Trinajstić information content (AvgIpc) is 3.31. The van der Waals surface area contributed by atoms with Crippen molar-refractivity contribution in [2.45, 2.75) is 25.9 Å². The quantitative estimate of drug-likeness (QED) is 0.733. The van der Waals surface area contributed by atoms with Crippen molar-refractivity contribution >= 4 is 12.4 Å². The van der Waals surface area contributed by atoms with E-state index in [1.54, 1.807) is 11.1 Å². The van der Waals surface area contributed by atoms with Crippen LogP contribution in [0.1, 0.15) is 24.0 Å². The molecule has 0 saturated heterocycles. The molecule has 1 aromatic carbocycles. The number of allylic oxidation sites excluding steroid dienone is 6. The number of fused-ring (bicyclic) bond motifs is 2. The molecule has 4 aliphatic rings. The monoisotopic (exact) mass is 342 g/mol. The zero-order valence-corrected chi connectivity index (χ0v) is 15.2. The van der Waals surface area contributed by atoms with Crippen LogP contribution in [0.3, 0.4) is 0 Å². The largest absolute Gasteiger partial charge is 0.234 e. The third-order valence-corrected chi connectivity index (χ3v) is 6.10. The molecule has 2 heteroatoms. The molecule has 1 aromatic rings. The highest BCUT2D eigenvalue weighted by atomic mass is 15.0. The van der Waals surface area contributed by atoms with E-state index < -0.39 is 0 Å². The maximum atomic E-state index is 2.51. The summed E-state index contributed by atoms with van der Waals surface area (Å²) < 4.78 is 5.02. The Labute approximate surface area is 155 Å². The minimum Gasteiger partial charge on any atom is -0.234 e. The van der Waals surface area contributed by atoms with E-state index in [0.29, 0.717) is 11.8 Å². The van der Waals surface area contributed by atoms with Gasteiger partial charge in [-0.3, -0.25) is 0 Å². The summed E-state index contributed by atoms with van der Waals surface area (Å²) in [4.78, 5) is 0. The second-order valence-corrected chi connectivity index (χ2v) is 7.81. The molecule has 2 heterocycles. The summed E-state index contributed by atoms with van der Waals surface area (Å²) in [6, 6.07) is 8.99. The maximum Gasteiger partial charge on any atom is 0.168 e. The van der Waals surface area contributed by atoms with E-state index in [-0.39, 0.29) is 0 Å². The topological polar surface area (TPSA) is 6.02 Å². The molecule has 0 fully saturated rings. The lowest BCUT2D eigenvalue weighted by Gasteiger charge is -2.18. The van der Waals surface area contributed by atoms with Crippen LogP contribution in [0, 0.1) is 11.8 Å². The molecule has 2 nitrogen and oxygen atoms in total. The van der Waals surface area contributed by atoms with Crippen molar-refractivity contribution in [3.8, 4) is 0 Å². The molecule has 26 heavy (non-hydrogen) atoms. The van der Waals surface area contributed by atoms with Crippen molar-refractivity contribution < 1.29 is 9.15 Å². The highest BCUT2D eigenvalue weighted by Gasteiger charge is 2.26. The van der Waals surface area contributed by atoms with Crippen LogP contribution in [0.5, 0.6) is 0 Å². The summed E-state index contributed by atoms with van der Waals surface area (Å²) in [7, 11) is 0. The molecule has 0 spiro atoms. The lowest BCUT2D eigenvalue weighted by molar-refractivity contribution is -0.549. The van der Waals surface area contributed by atoms with Crippen LogP contribution in [-0.2, 0) is 13.1 Å². The molecule has 130 valence electrons. The van der Waals surface area contributed by atoms with Crippen molar-refractivity contribution in [1.29, 1.82) is 0 Å². The Kier molecular flexibility index (Phi) is 4.05. The fraction of sp³-hybridized carbons (Fsp3) is 0.333. The summed E-state index contributed by atoms with van der Waals surface area (Å²) in [5, 5.41) is 0. The fourth-order valence-corrected chi connectivity index (χ4v) is 4.57. The second-order valence-electron chi connectivity index (χ2n) is 7.81. The Morgan fingerprint density at radius 1 is 0.731 bits per heavy atom. The second kappa shape index (κ2) is 6.68. The van der Waals surface area contributed by atoms with Crippen molar-refractivity contribution in [3.05, 3.63) is 83.0 Å². The van der Waals surface area contributed by atoms with Gasteiger partial charge in [-0.25, -0.2) is 9.15 Å². The fourth-order valence-electron chi connectivity index (χ4n) is 4.57. The minimum absolute atomic E-state index is 0.533. The maximum absolute atomic E-state index is 2.51. The molecule has 0 aromatic heterocycles. The third-order valence-electron chi connectivity index (χ3n) is 6.10. The molecular formula is C24H26N2+2. The average molecular weight is 342 g/mol. The van der Waals surface area contributed by atoms with Crippen molar-refractivity contribution in [2.24, 2.45) is 11.8 Å². The van der Waals surface area contributed by atoms with Crippen molar-refractivity contribution in [1.82, 2.24) is 0 Å². The normalized spacial score (nSPS) is 26.0. The van der Waals surface area contributed by atoms with Gasteiger partial charge < -0.3 is 0 Å². The first-order valence-corrected chi connectivity index (χ1v) is 9.84. The number of benzene rings is 1. The SMILES string of the molecule is C1=C[C@H]2C=[N+](Cc3ccccc3C[N+]3=C[C@@H]4C=CC=C4CC3)CCC2=C1. The van der Waals surface area contributed by atoms with Gasteiger partial charge in [0.1, 0.15) is 13.1 Å². The van der Waals surface area contributed by atoms with Gasteiger partial charge in [-0.05, 0) is 11.1 Å². The number of nitrogens with zero attached hydrogens (tertiary/aromatic N) is 2. The molecular weight excluding hydrogens is 316 g/mol. The van der Waals surface area contributed by atoms with Crippen LogP contribution in [0.15, 0.2) is 71.9 Å². The van der Waals surface area contributed by atoms with Crippen LogP contribution in [-0.4, -0.2) is 34.7 Å². The lowest BCUT2D eigenvalue weighted by atomic mass is 9.96. The van der Waals surface area contributed by atoms with E-state index in [2.05, 4.69) is 82.3 Å². The number of hydrogen-bond donors (Lipinski definition) is 0. The Morgan fingerprint density at radius 2 is 1.23 bits per heavy atom. The first kappa shape index (κ1) is 15.7. The predicted molar refractivity (Wildman–Crippen MR) is 107 cm³/mol. The van der Waals surface area contributed by atoms with Crippen LogP contribution in [0.4, 0.5) is 0 Å². The van der Waals surface area contributed by atoms with E-state index in [0.717, 1.165) is 26.2 Å². The Bertz CT molecular complexity index is 833. The van der Waals surface area contributed by atoms with Gasteiger partial charge in [0.15, 0.2) is 25.5 Å². The summed E-state index contributed by atoms with van der Waals surface area (Å²) in [5.41, 5.74) is 6.08. The zero-order chi connectivity index (χ0) is 17.3. The van der Waals surface area contributed by atoms with Gasteiger partial charge in [-0.2, -0.15) is 0 Å². The Morgan fingerprint density at radius 3 is 1.73 bits per heavy atom. The zero-order valence-electron chi connectivity index (χ0n) is 15.2. The third kappa shape index (κ3) is 3.05. The van der Waals surface area contributed by atoms with Crippen molar-refractivity contribution in [3.63, 3.8) is 0 Å². The van der Waals surface area contributed by atoms with Gasteiger partial charge in [-0.15, -0.1) is 0 Å². The van der Waals surface area contributed by atoms with Crippen LogP contribution >= 0.6 is 0 Å². The van der Waals surface area contributed by atoms with E-state index in [9.17, 15) is 0 Å². The summed E-state index contributed by atoms with van der Waals surface area (Å²) in [6.45, 7) is 4.32. The lowest BCUT2D eigenvalue weighted by Crippen LogP contribution is -2.27. The van der Waals surface area contributed by atoms with E-state index in [4.69, 9.17) is 0 Å². The summed E-state index contributed by atoms with van der Waals surface area (Å²) in [6.07, 6.45) is 20.9. The molecule has 2 atom stereocenters. The highest BCUT2D eigenvalue weighted by molar-refractivity contribution is 5.67. The molecule has 5 rings (SSSR count). The van der Waals surface area contributed by atoms with Gasteiger partial charge in [0.05, 0.1) is 11.8 Å². The molecule has 0 N–H and O–H groups in total. The Hall–Kier alpha value is -2.48. The van der Waals surface area contributed by atoms with Gasteiger partial charge in [0.25, 0.3) is 0 Å². The smallest absolute Gasteiger partial charge is 0.168 e. The standard InChI is InChI=1S/C24H26N2/c1-2-6-24(18-26-14-12-20-8-4-10-22(20)16-26)23(5-1)17-25-13-11-19-7-3-9-21(19)15-25/h1-10,15-16,21-22H,11-14,17-18H2/q+2/t21-,22-/m0/s1. The number of rotatable bonds is 4.